The Labute approximate surface area is 132 Å². The van der Waals surface area contributed by atoms with Crippen LogP contribution in [-0.2, 0) is 6.61 Å². The van der Waals surface area contributed by atoms with Crippen molar-refractivity contribution in [1.29, 1.82) is 0 Å². The van der Waals surface area contributed by atoms with E-state index in [0.29, 0.717) is 28.1 Å². The molecule has 3 aromatic rings. The summed E-state index contributed by atoms with van der Waals surface area (Å²) < 4.78 is 5.76. The van der Waals surface area contributed by atoms with Crippen molar-refractivity contribution in [3.05, 3.63) is 64.3 Å². The first-order valence-corrected chi connectivity index (χ1v) is 7.11. The Hall–Kier alpha value is -1.97. The molecule has 106 valence electrons. The van der Waals surface area contributed by atoms with Gasteiger partial charge in [-0.2, -0.15) is 0 Å². The van der Waals surface area contributed by atoms with Crippen molar-refractivity contribution in [3.8, 4) is 5.75 Å². The average molecular weight is 319 g/mol. The first kappa shape index (κ1) is 14.0. The van der Waals surface area contributed by atoms with Gasteiger partial charge >= 0.3 is 0 Å². The minimum absolute atomic E-state index is 0.317. The van der Waals surface area contributed by atoms with E-state index >= 15 is 0 Å². The second-order valence-electron chi connectivity index (χ2n) is 4.55. The van der Waals surface area contributed by atoms with Crippen molar-refractivity contribution in [2.75, 3.05) is 5.73 Å². The molecule has 0 aliphatic rings. The molecular formula is C16H12Cl2N2O. The summed E-state index contributed by atoms with van der Waals surface area (Å²) in [6.07, 6.45) is 1.73. The van der Waals surface area contributed by atoms with Crippen LogP contribution in [0, 0.1) is 0 Å². The number of aromatic nitrogens is 1. The normalized spacial score (nSPS) is 10.8. The van der Waals surface area contributed by atoms with Crippen molar-refractivity contribution in [2.45, 2.75) is 6.61 Å². The lowest BCUT2D eigenvalue weighted by Crippen LogP contribution is -2.00. The summed E-state index contributed by atoms with van der Waals surface area (Å²) in [4.78, 5) is 4.37. The Kier molecular flexibility index (Phi) is 3.86. The molecular weight excluding hydrogens is 307 g/mol. The molecule has 0 fully saturated rings. The highest BCUT2D eigenvalue weighted by atomic mass is 35.5. The van der Waals surface area contributed by atoms with Crippen LogP contribution >= 0.6 is 23.2 Å². The molecule has 0 aliphatic carbocycles. The summed E-state index contributed by atoms with van der Waals surface area (Å²) in [6, 6.07) is 12.8. The second kappa shape index (κ2) is 5.80. The van der Waals surface area contributed by atoms with Crippen molar-refractivity contribution < 1.29 is 4.74 Å². The lowest BCUT2D eigenvalue weighted by Gasteiger charge is -2.12. The molecule has 0 saturated carbocycles. The molecule has 3 rings (SSSR count). The standard InChI is InChI=1S/C16H12Cl2N2O/c17-12-4-1-5-13(18)16(12)21-9-10-6-7-14(19)11-3-2-8-20-15(10)11/h1-8H,9,19H2. The zero-order valence-electron chi connectivity index (χ0n) is 11.0. The van der Waals surface area contributed by atoms with Crippen molar-refractivity contribution >= 4 is 39.8 Å². The third kappa shape index (κ3) is 2.75. The maximum Gasteiger partial charge on any atom is 0.156 e. The van der Waals surface area contributed by atoms with E-state index in [2.05, 4.69) is 4.98 Å². The molecule has 0 spiro atoms. The summed E-state index contributed by atoms with van der Waals surface area (Å²) in [6.45, 7) is 0.317. The molecule has 3 nitrogen and oxygen atoms in total. The van der Waals surface area contributed by atoms with E-state index in [1.165, 1.54) is 0 Å². The Morgan fingerprint density at radius 3 is 2.52 bits per heavy atom. The Bertz CT molecular complexity index is 785. The molecule has 2 aromatic carbocycles. The second-order valence-corrected chi connectivity index (χ2v) is 5.37. The fourth-order valence-corrected chi connectivity index (χ4v) is 2.65. The van der Waals surface area contributed by atoms with E-state index < -0.39 is 0 Å². The number of hydrogen-bond donors (Lipinski definition) is 1. The van der Waals surface area contributed by atoms with E-state index in [4.69, 9.17) is 33.7 Å². The Balaban J connectivity index is 1.94. The van der Waals surface area contributed by atoms with Gasteiger partial charge in [0.05, 0.1) is 15.6 Å². The van der Waals surface area contributed by atoms with Gasteiger partial charge in [-0.25, -0.2) is 0 Å². The van der Waals surface area contributed by atoms with Crippen LogP contribution in [0.2, 0.25) is 10.0 Å². The van der Waals surface area contributed by atoms with Gasteiger partial charge < -0.3 is 10.5 Å². The third-order valence-electron chi connectivity index (χ3n) is 3.18. The van der Waals surface area contributed by atoms with E-state index in [-0.39, 0.29) is 0 Å². The quantitative estimate of drug-likeness (QED) is 0.712. The van der Waals surface area contributed by atoms with Gasteiger partial charge in [0.1, 0.15) is 6.61 Å². The van der Waals surface area contributed by atoms with Gasteiger partial charge in [-0.15, -0.1) is 0 Å². The summed E-state index contributed by atoms with van der Waals surface area (Å²) >= 11 is 12.2. The highest BCUT2D eigenvalue weighted by Gasteiger charge is 2.09. The fourth-order valence-electron chi connectivity index (χ4n) is 2.14. The number of fused-ring (bicyclic) bond motifs is 1. The van der Waals surface area contributed by atoms with E-state index in [1.54, 1.807) is 24.4 Å². The highest BCUT2D eigenvalue weighted by molar-refractivity contribution is 6.37. The van der Waals surface area contributed by atoms with Crippen molar-refractivity contribution in [1.82, 2.24) is 4.98 Å². The predicted octanol–water partition coefficient (Wildman–Crippen LogP) is 4.70. The van der Waals surface area contributed by atoms with E-state index in [1.807, 2.05) is 24.3 Å². The molecule has 0 saturated heterocycles. The molecule has 1 heterocycles. The SMILES string of the molecule is Nc1ccc(COc2c(Cl)cccc2Cl)c2ncccc12. The summed E-state index contributed by atoms with van der Waals surface area (Å²) in [5.41, 5.74) is 8.40. The summed E-state index contributed by atoms with van der Waals surface area (Å²) in [5, 5.41) is 1.87. The van der Waals surface area contributed by atoms with Gasteiger partial charge in [0.15, 0.2) is 5.75 Å². The van der Waals surface area contributed by atoms with E-state index in [0.717, 1.165) is 16.5 Å². The van der Waals surface area contributed by atoms with Gasteiger partial charge in [-0.3, -0.25) is 4.98 Å². The van der Waals surface area contributed by atoms with Gasteiger partial charge in [0.2, 0.25) is 0 Å². The average Bonchev–Trinajstić information content (AvgIpc) is 2.49. The third-order valence-corrected chi connectivity index (χ3v) is 3.77. The number of ether oxygens (including phenoxy) is 1. The first-order chi connectivity index (χ1) is 10.2. The summed E-state index contributed by atoms with van der Waals surface area (Å²) in [7, 11) is 0. The largest absolute Gasteiger partial charge is 0.486 e. The maximum atomic E-state index is 6.09. The number of halogens is 2. The molecule has 1 aromatic heterocycles. The zero-order chi connectivity index (χ0) is 14.8. The number of rotatable bonds is 3. The van der Waals surface area contributed by atoms with Gasteiger partial charge in [0, 0.05) is 22.8 Å². The van der Waals surface area contributed by atoms with Gasteiger partial charge in [-0.05, 0) is 30.3 Å². The van der Waals surface area contributed by atoms with Gasteiger partial charge in [0.25, 0.3) is 0 Å². The predicted molar refractivity (Wildman–Crippen MR) is 86.9 cm³/mol. The number of anilines is 1. The fraction of sp³-hybridized carbons (Fsp3) is 0.0625. The molecule has 21 heavy (non-hydrogen) atoms. The molecule has 2 N–H and O–H groups in total. The lowest BCUT2D eigenvalue weighted by atomic mass is 10.1. The molecule has 0 amide bonds. The highest BCUT2D eigenvalue weighted by Crippen LogP contribution is 2.33. The van der Waals surface area contributed by atoms with Crippen molar-refractivity contribution in [3.63, 3.8) is 0 Å². The molecule has 0 aliphatic heterocycles. The molecule has 0 radical (unpaired) electrons. The number of nitrogen functional groups attached to an aromatic ring is 1. The van der Waals surface area contributed by atoms with Crippen LogP contribution in [0.4, 0.5) is 5.69 Å². The monoisotopic (exact) mass is 318 g/mol. The van der Waals surface area contributed by atoms with Crippen LogP contribution in [0.25, 0.3) is 10.9 Å². The zero-order valence-corrected chi connectivity index (χ0v) is 12.5. The van der Waals surface area contributed by atoms with Crippen LogP contribution in [-0.4, -0.2) is 4.98 Å². The van der Waals surface area contributed by atoms with E-state index in [9.17, 15) is 0 Å². The van der Waals surface area contributed by atoms with Crippen LogP contribution in [0.15, 0.2) is 48.7 Å². The Morgan fingerprint density at radius 1 is 1.00 bits per heavy atom. The lowest BCUT2D eigenvalue weighted by molar-refractivity contribution is 0.308. The topological polar surface area (TPSA) is 48.1 Å². The number of hydrogen-bond acceptors (Lipinski definition) is 3. The van der Waals surface area contributed by atoms with Crippen LogP contribution in [0.1, 0.15) is 5.56 Å². The molecule has 0 unspecified atom stereocenters. The smallest absolute Gasteiger partial charge is 0.156 e. The molecule has 0 atom stereocenters. The maximum absolute atomic E-state index is 6.09. The Morgan fingerprint density at radius 2 is 1.76 bits per heavy atom. The van der Waals surface area contributed by atoms with Crippen LogP contribution < -0.4 is 10.5 Å². The van der Waals surface area contributed by atoms with Gasteiger partial charge in [-0.1, -0.05) is 35.3 Å². The van der Waals surface area contributed by atoms with Crippen LogP contribution in [0.3, 0.4) is 0 Å². The first-order valence-electron chi connectivity index (χ1n) is 6.35. The minimum Gasteiger partial charge on any atom is -0.486 e. The molecule has 0 bridgehead atoms. The number of pyridine rings is 1. The number of nitrogens with two attached hydrogens (primary N) is 1. The number of benzene rings is 2. The molecule has 5 heteroatoms. The van der Waals surface area contributed by atoms with Crippen LogP contribution in [0.5, 0.6) is 5.75 Å². The number of para-hydroxylation sites is 1. The van der Waals surface area contributed by atoms with Crippen molar-refractivity contribution in [2.24, 2.45) is 0 Å². The minimum atomic E-state index is 0.317. The summed E-state index contributed by atoms with van der Waals surface area (Å²) in [5.74, 6) is 0.474. The number of nitrogens with zero attached hydrogens (tertiary/aromatic N) is 1.